The second-order valence-corrected chi connectivity index (χ2v) is 2.75. The molecular weight excluding hydrogens is 154 g/mol. The van der Waals surface area contributed by atoms with Gasteiger partial charge in [-0.25, -0.2) is 4.79 Å². The van der Waals surface area contributed by atoms with Gasteiger partial charge < -0.3 is 15.2 Å². The molecule has 66 valence electrons. The van der Waals surface area contributed by atoms with E-state index in [9.17, 15) is 4.79 Å². The number of carbonyl (C=O) groups is 1. The van der Waals surface area contributed by atoms with Crippen LogP contribution in [0.25, 0.3) is 0 Å². The molecule has 12 heavy (non-hydrogen) atoms. The number of rotatable bonds is 2. The van der Waals surface area contributed by atoms with E-state index in [1.807, 2.05) is 18.3 Å². The third-order valence-corrected chi connectivity index (χ3v) is 1.50. The van der Waals surface area contributed by atoms with Gasteiger partial charge in [0.15, 0.2) is 0 Å². The summed E-state index contributed by atoms with van der Waals surface area (Å²) < 4.78 is 0. The molecule has 1 heterocycles. The molecule has 1 rings (SSSR count). The number of nitrogens with zero attached hydrogens (tertiary/aromatic N) is 1. The largest absolute Gasteiger partial charge is 0.364 e. The Morgan fingerprint density at radius 1 is 1.67 bits per heavy atom. The van der Waals surface area contributed by atoms with Crippen molar-refractivity contribution >= 4 is 6.03 Å². The molecule has 0 saturated carbocycles. The summed E-state index contributed by atoms with van der Waals surface area (Å²) in [6.45, 7) is 0.546. The first-order chi connectivity index (χ1) is 5.70. The van der Waals surface area contributed by atoms with Crippen LogP contribution in [0.1, 0.15) is 5.69 Å². The summed E-state index contributed by atoms with van der Waals surface area (Å²) in [6.07, 6.45) is 1.83. The predicted molar refractivity (Wildman–Crippen MR) is 46.7 cm³/mol. The average molecular weight is 167 g/mol. The minimum atomic E-state index is -0.0791. The highest BCUT2D eigenvalue weighted by Crippen LogP contribution is 1.92. The van der Waals surface area contributed by atoms with Crippen molar-refractivity contribution in [2.24, 2.45) is 0 Å². The Morgan fingerprint density at radius 2 is 2.42 bits per heavy atom. The van der Waals surface area contributed by atoms with E-state index in [2.05, 4.69) is 10.3 Å². The lowest BCUT2D eigenvalue weighted by Crippen LogP contribution is -2.33. The van der Waals surface area contributed by atoms with Gasteiger partial charge in [-0.2, -0.15) is 0 Å². The van der Waals surface area contributed by atoms with E-state index in [-0.39, 0.29) is 6.03 Å². The molecule has 0 aromatic carbocycles. The maximum atomic E-state index is 11.0. The molecule has 0 aliphatic carbocycles. The first-order valence-corrected chi connectivity index (χ1v) is 3.77. The molecule has 0 radical (unpaired) electrons. The molecule has 0 unspecified atom stereocenters. The van der Waals surface area contributed by atoms with Gasteiger partial charge >= 0.3 is 6.03 Å². The SMILES string of the molecule is CN(C)C(=O)NCc1ccc[nH]1. The smallest absolute Gasteiger partial charge is 0.317 e. The molecule has 1 aromatic rings. The molecule has 0 saturated heterocycles. The Hall–Kier alpha value is -1.45. The van der Waals surface area contributed by atoms with Gasteiger partial charge in [-0.1, -0.05) is 0 Å². The highest BCUT2D eigenvalue weighted by Gasteiger charge is 2.01. The average Bonchev–Trinajstić information content (AvgIpc) is 2.51. The van der Waals surface area contributed by atoms with E-state index in [1.165, 1.54) is 4.90 Å². The Balaban J connectivity index is 2.32. The van der Waals surface area contributed by atoms with Crippen molar-refractivity contribution in [3.8, 4) is 0 Å². The molecule has 0 fully saturated rings. The monoisotopic (exact) mass is 167 g/mol. The van der Waals surface area contributed by atoms with Crippen LogP contribution in [-0.4, -0.2) is 30.0 Å². The summed E-state index contributed by atoms with van der Waals surface area (Å²) in [5.74, 6) is 0. The van der Waals surface area contributed by atoms with Crippen molar-refractivity contribution in [3.63, 3.8) is 0 Å². The lowest BCUT2D eigenvalue weighted by molar-refractivity contribution is 0.217. The van der Waals surface area contributed by atoms with Crippen molar-refractivity contribution in [1.29, 1.82) is 0 Å². The second kappa shape index (κ2) is 3.80. The number of nitrogens with one attached hydrogen (secondary N) is 2. The Bertz CT molecular complexity index is 241. The molecule has 4 nitrogen and oxygen atoms in total. The van der Waals surface area contributed by atoms with Gasteiger partial charge in [0.1, 0.15) is 0 Å². The van der Waals surface area contributed by atoms with E-state index >= 15 is 0 Å². The summed E-state index contributed by atoms with van der Waals surface area (Å²) in [6, 6.07) is 3.75. The normalized spacial score (nSPS) is 9.50. The van der Waals surface area contributed by atoms with E-state index in [4.69, 9.17) is 0 Å². The maximum Gasteiger partial charge on any atom is 0.317 e. The van der Waals surface area contributed by atoms with Crippen molar-refractivity contribution in [2.75, 3.05) is 14.1 Å². The molecule has 0 bridgehead atoms. The van der Waals surface area contributed by atoms with E-state index < -0.39 is 0 Å². The van der Waals surface area contributed by atoms with Crippen LogP contribution in [0.4, 0.5) is 4.79 Å². The molecule has 1 aromatic heterocycles. The van der Waals surface area contributed by atoms with Gasteiger partial charge in [0.05, 0.1) is 6.54 Å². The van der Waals surface area contributed by atoms with Crippen LogP contribution in [0.15, 0.2) is 18.3 Å². The zero-order chi connectivity index (χ0) is 8.97. The Labute approximate surface area is 71.6 Å². The summed E-state index contributed by atoms with van der Waals surface area (Å²) in [5, 5.41) is 2.74. The van der Waals surface area contributed by atoms with Crippen molar-refractivity contribution < 1.29 is 4.79 Å². The fourth-order valence-corrected chi connectivity index (χ4v) is 0.806. The maximum absolute atomic E-state index is 11.0. The van der Waals surface area contributed by atoms with Gasteiger partial charge in [0.2, 0.25) is 0 Å². The third kappa shape index (κ3) is 2.30. The molecule has 2 N–H and O–H groups in total. The Kier molecular flexibility index (Phi) is 2.74. The van der Waals surface area contributed by atoms with Crippen LogP contribution in [0, 0.1) is 0 Å². The standard InChI is InChI=1S/C8H13N3O/c1-11(2)8(12)10-6-7-4-3-5-9-7/h3-5,9H,6H2,1-2H3,(H,10,12). The lowest BCUT2D eigenvalue weighted by atomic mass is 10.4. The van der Waals surface area contributed by atoms with Gasteiger partial charge in [-0.15, -0.1) is 0 Å². The number of aromatic nitrogens is 1. The zero-order valence-corrected chi connectivity index (χ0v) is 7.29. The molecule has 0 atom stereocenters. The highest BCUT2D eigenvalue weighted by atomic mass is 16.2. The summed E-state index contributed by atoms with van der Waals surface area (Å²) in [5.41, 5.74) is 1.00. The van der Waals surface area contributed by atoms with E-state index in [1.54, 1.807) is 14.1 Å². The van der Waals surface area contributed by atoms with Gasteiger partial charge in [-0.3, -0.25) is 0 Å². The van der Waals surface area contributed by atoms with Crippen LogP contribution < -0.4 is 5.32 Å². The number of carbonyl (C=O) groups excluding carboxylic acids is 1. The third-order valence-electron chi connectivity index (χ3n) is 1.50. The van der Waals surface area contributed by atoms with Gasteiger partial charge in [0, 0.05) is 26.0 Å². The first kappa shape index (κ1) is 8.64. The number of amides is 2. The quantitative estimate of drug-likeness (QED) is 0.672. The molecule has 0 aliphatic heterocycles. The van der Waals surface area contributed by atoms with E-state index in [0.717, 1.165) is 5.69 Å². The van der Waals surface area contributed by atoms with Gasteiger partial charge in [-0.05, 0) is 12.1 Å². The van der Waals surface area contributed by atoms with E-state index in [0.29, 0.717) is 6.54 Å². The summed E-state index contributed by atoms with van der Waals surface area (Å²) in [7, 11) is 3.42. The van der Waals surface area contributed by atoms with Crippen LogP contribution in [0.5, 0.6) is 0 Å². The molecule has 0 aliphatic rings. The van der Waals surface area contributed by atoms with Gasteiger partial charge in [0.25, 0.3) is 0 Å². The zero-order valence-electron chi connectivity index (χ0n) is 7.29. The highest BCUT2D eigenvalue weighted by molar-refractivity contribution is 5.73. The van der Waals surface area contributed by atoms with Crippen LogP contribution in [0.2, 0.25) is 0 Å². The molecule has 0 spiro atoms. The summed E-state index contributed by atoms with van der Waals surface area (Å²) >= 11 is 0. The Morgan fingerprint density at radius 3 is 2.92 bits per heavy atom. The lowest BCUT2D eigenvalue weighted by Gasteiger charge is -2.10. The number of hydrogen-bond donors (Lipinski definition) is 2. The molecule has 4 heteroatoms. The minimum Gasteiger partial charge on any atom is -0.364 e. The van der Waals surface area contributed by atoms with Crippen molar-refractivity contribution in [3.05, 3.63) is 24.0 Å². The van der Waals surface area contributed by atoms with Crippen LogP contribution in [0.3, 0.4) is 0 Å². The minimum absolute atomic E-state index is 0.0791. The fraction of sp³-hybridized carbons (Fsp3) is 0.375. The molecular formula is C8H13N3O. The molecule has 2 amide bonds. The predicted octanol–water partition coefficient (Wildman–Crippen LogP) is 0.786. The topological polar surface area (TPSA) is 48.1 Å². The fourth-order valence-electron chi connectivity index (χ4n) is 0.806. The van der Waals surface area contributed by atoms with Crippen LogP contribution >= 0.6 is 0 Å². The van der Waals surface area contributed by atoms with Crippen molar-refractivity contribution in [1.82, 2.24) is 15.2 Å². The second-order valence-electron chi connectivity index (χ2n) is 2.75. The number of hydrogen-bond acceptors (Lipinski definition) is 1. The van der Waals surface area contributed by atoms with Crippen LogP contribution in [-0.2, 0) is 6.54 Å². The number of urea groups is 1. The number of H-pyrrole nitrogens is 1. The first-order valence-electron chi connectivity index (χ1n) is 3.77. The van der Waals surface area contributed by atoms with Crippen molar-refractivity contribution in [2.45, 2.75) is 6.54 Å². The summed E-state index contributed by atoms with van der Waals surface area (Å²) in [4.78, 5) is 15.5. The number of aromatic amines is 1.